The van der Waals surface area contributed by atoms with Crippen LogP contribution in [-0.2, 0) is 6.54 Å². The van der Waals surface area contributed by atoms with Crippen LogP contribution in [0.4, 0.5) is 0 Å². The minimum absolute atomic E-state index is 0.546. The number of hydrogen-bond donors (Lipinski definition) is 0. The van der Waals surface area contributed by atoms with Gasteiger partial charge in [-0.2, -0.15) is 5.26 Å². The van der Waals surface area contributed by atoms with Crippen molar-refractivity contribution in [3.8, 4) is 22.5 Å². The SMILES string of the molecule is CCn1c(SCCOc2cccc(C#N)c2)nnc1-c1cccs1. The summed E-state index contributed by atoms with van der Waals surface area (Å²) in [7, 11) is 0. The Morgan fingerprint density at radius 1 is 1.29 bits per heavy atom. The molecule has 0 spiro atoms. The number of hydrogen-bond acceptors (Lipinski definition) is 6. The van der Waals surface area contributed by atoms with E-state index in [2.05, 4.69) is 33.8 Å². The molecule has 0 unspecified atom stereocenters. The second kappa shape index (κ2) is 7.99. The normalized spacial score (nSPS) is 10.5. The minimum Gasteiger partial charge on any atom is -0.493 e. The lowest BCUT2D eigenvalue weighted by Crippen LogP contribution is -2.03. The van der Waals surface area contributed by atoms with Gasteiger partial charge in [0.2, 0.25) is 0 Å². The van der Waals surface area contributed by atoms with Crippen LogP contribution in [0.3, 0.4) is 0 Å². The zero-order chi connectivity index (χ0) is 16.8. The predicted octanol–water partition coefficient (Wildman–Crippen LogP) is 4.07. The van der Waals surface area contributed by atoms with Gasteiger partial charge in [0, 0.05) is 12.3 Å². The molecule has 7 heteroatoms. The van der Waals surface area contributed by atoms with Crippen LogP contribution in [0.1, 0.15) is 12.5 Å². The highest BCUT2D eigenvalue weighted by atomic mass is 32.2. The Hall–Kier alpha value is -2.30. The third-order valence-corrected chi connectivity index (χ3v) is 5.12. The average molecular weight is 356 g/mol. The van der Waals surface area contributed by atoms with Crippen LogP contribution in [0.25, 0.3) is 10.7 Å². The lowest BCUT2D eigenvalue weighted by Gasteiger charge is -2.07. The highest BCUT2D eigenvalue weighted by Gasteiger charge is 2.13. The summed E-state index contributed by atoms with van der Waals surface area (Å²) in [6.45, 7) is 3.46. The molecule has 0 fully saturated rings. The summed E-state index contributed by atoms with van der Waals surface area (Å²) in [5.41, 5.74) is 0.603. The summed E-state index contributed by atoms with van der Waals surface area (Å²) in [5, 5.41) is 20.4. The lowest BCUT2D eigenvalue weighted by atomic mass is 10.2. The quantitative estimate of drug-likeness (QED) is 0.472. The minimum atomic E-state index is 0.546. The van der Waals surface area contributed by atoms with Gasteiger partial charge in [0.05, 0.1) is 23.1 Å². The van der Waals surface area contributed by atoms with Crippen LogP contribution >= 0.6 is 23.1 Å². The van der Waals surface area contributed by atoms with E-state index in [4.69, 9.17) is 10.00 Å². The third-order valence-electron chi connectivity index (χ3n) is 3.32. The summed E-state index contributed by atoms with van der Waals surface area (Å²) in [5.74, 6) is 2.39. The third kappa shape index (κ3) is 3.78. The summed E-state index contributed by atoms with van der Waals surface area (Å²) < 4.78 is 7.81. The van der Waals surface area contributed by atoms with Crippen molar-refractivity contribution in [3.63, 3.8) is 0 Å². The zero-order valence-electron chi connectivity index (χ0n) is 13.2. The monoisotopic (exact) mass is 356 g/mol. The van der Waals surface area contributed by atoms with Crippen molar-refractivity contribution in [3.05, 3.63) is 47.3 Å². The molecule has 24 heavy (non-hydrogen) atoms. The maximum atomic E-state index is 8.89. The van der Waals surface area contributed by atoms with E-state index in [1.54, 1.807) is 35.2 Å². The Morgan fingerprint density at radius 3 is 2.96 bits per heavy atom. The van der Waals surface area contributed by atoms with Crippen LogP contribution in [0.2, 0.25) is 0 Å². The number of nitriles is 1. The van der Waals surface area contributed by atoms with E-state index in [-0.39, 0.29) is 0 Å². The first-order valence-corrected chi connectivity index (χ1v) is 9.41. The molecule has 0 bridgehead atoms. The fourth-order valence-electron chi connectivity index (χ4n) is 2.22. The van der Waals surface area contributed by atoms with Gasteiger partial charge in [-0.05, 0) is 36.6 Å². The van der Waals surface area contributed by atoms with Gasteiger partial charge in [0.15, 0.2) is 11.0 Å². The number of thioether (sulfide) groups is 1. The highest BCUT2D eigenvalue weighted by Crippen LogP contribution is 2.27. The van der Waals surface area contributed by atoms with E-state index in [1.165, 1.54) is 0 Å². The molecule has 0 aliphatic rings. The Balaban J connectivity index is 1.58. The van der Waals surface area contributed by atoms with Gasteiger partial charge in [-0.25, -0.2) is 0 Å². The van der Waals surface area contributed by atoms with Gasteiger partial charge < -0.3 is 9.30 Å². The second-order valence-corrected chi connectivity index (χ2v) is 6.87. The van der Waals surface area contributed by atoms with E-state index in [0.29, 0.717) is 17.9 Å². The molecular formula is C17H16N4OS2. The molecule has 0 saturated carbocycles. The molecule has 1 aromatic carbocycles. The van der Waals surface area contributed by atoms with E-state index < -0.39 is 0 Å². The van der Waals surface area contributed by atoms with E-state index >= 15 is 0 Å². The molecule has 0 saturated heterocycles. The van der Waals surface area contributed by atoms with Gasteiger partial charge in [-0.15, -0.1) is 21.5 Å². The van der Waals surface area contributed by atoms with Gasteiger partial charge in [0.25, 0.3) is 0 Å². The van der Waals surface area contributed by atoms with Gasteiger partial charge in [-0.1, -0.05) is 23.9 Å². The van der Waals surface area contributed by atoms with Crippen LogP contribution < -0.4 is 4.74 Å². The van der Waals surface area contributed by atoms with Crippen molar-refractivity contribution in [2.24, 2.45) is 0 Å². The molecule has 0 N–H and O–H groups in total. The fourth-order valence-corrected chi connectivity index (χ4v) is 3.75. The fraction of sp³-hybridized carbons (Fsp3) is 0.235. The van der Waals surface area contributed by atoms with Crippen LogP contribution in [0.5, 0.6) is 5.75 Å². The Morgan fingerprint density at radius 2 is 2.21 bits per heavy atom. The molecule has 2 heterocycles. The molecular weight excluding hydrogens is 340 g/mol. The summed E-state index contributed by atoms with van der Waals surface area (Å²) >= 11 is 3.29. The number of benzene rings is 1. The first-order chi connectivity index (χ1) is 11.8. The predicted molar refractivity (Wildman–Crippen MR) is 96.4 cm³/mol. The smallest absolute Gasteiger partial charge is 0.191 e. The number of rotatable bonds is 7. The van der Waals surface area contributed by atoms with Crippen LogP contribution in [-0.4, -0.2) is 27.1 Å². The van der Waals surface area contributed by atoms with Crippen molar-refractivity contribution >= 4 is 23.1 Å². The first kappa shape index (κ1) is 16.6. The summed E-state index contributed by atoms with van der Waals surface area (Å²) in [6, 6.07) is 13.4. The second-order valence-electron chi connectivity index (χ2n) is 4.86. The molecule has 0 atom stereocenters. The number of nitrogens with zero attached hydrogens (tertiary/aromatic N) is 4. The molecule has 3 aromatic rings. The average Bonchev–Trinajstić information content (AvgIpc) is 3.27. The van der Waals surface area contributed by atoms with E-state index in [1.807, 2.05) is 23.6 Å². The van der Waals surface area contributed by atoms with Crippen molar-refractivity contribution in [2.75, 3.05) is 12.4 Å². The van der Waals surface area contributed by atoms with Gasteiger partial charge in [-0.3, -0.25) is 0 Å². The highest BCUT2D eigenvalue weighted by molar-refractivity contribution is 7.99. The van der Waals surface area contributed by atoms with Crippen LogP contribution in [0.15, 0.2) is 46.9 Å². The van der Waals surface area contributed by atoms with Crippen molar-refractivity contribution in [1.82, 2.24) is 14.8 Å². The number of aromatic nitrogens is 3. The molecule has 0 aliphatic carbocycles. The molecule has 0 aliphatic heterocycles. The molecule has 2 aromatic heterocycles. The first-order valence-electron chi connectivity index (χ1n) is 7.54. The van der Waals surface area contributed by atoms with E-state index in [9.17, 15) is 0 Å². The standard InChI is InChI=1S/C17H16N4OS2/c1-2-21-16(15-7-4-9-23-15)19-20-17(21)24-10-8-22-14-6-3-5-13(11-14)12-18/h3-7,9,11H,2,8,10H2,1H3. The molecule has 5 nitrogen and oxygen atoms in total. The van der Waals surface area contributed by atoms with Crippen molar-refractivity contribution in [1.29, 1.82) is 5.26 Å². The lowest BCUT2D eigenvalue weighted by molar-refractivity contribution is 0.343. The Bertz CT molecular complexity index is 837. The number of ether oxygens (including phenoxy) is 1. The van der Waals surface area contributed by atoms with Gasteiger partial charge in [0.1, 0.15) is 5.75 Å². The number of thiophene rings is 1. The summed E-state index contributed by atoms with van der Waals surface area (Å²) in [4.78, 5) is 1.13. The molecule has 0 radical (unpaired) electrons. The Kier molecular flexibility index (Phi) is 5.51. The molecule has 0 amide bonds. The maximum absolute atomic E-state index is 8.89. The topological polar surface area (TPSA) is 63.7 Å². The summed E-state index contributed by atoms with van der Waals surface area (Å²) in [6.07, 6.45) is 0. The maximum Gasteiger partial charge on any atom is 0.191 e. The van der Waals surface area contributed by atoms with Crippen LogP contribution in [0, 0.1) is 11.3 Å². The zero-order valence-corrected chi connectivity index (χ0v) is 14.8. The van der Waals surface area contributed by atoms with Gasteiger partial charge >= 0.3 is 0 Å². The largest absolute Gasteiger partial charge is 0.493 e. The molecule has 3 rings (SSSR count). The Labute approximate surface area is 148 Å². The van der Waals surface area contributed by atoms with E-state index in [0.717, 1.165) is 28.2 Å². The van der Waals surface area contributed by atoms with Crippen molar-refractivity contribution in [2.45, 2.75) is 18.6 Å². The van der Waals surface area contributed by atoms with Crippen molar-refractivity contribution < 1.29 is 4.74 Å². The molecule has 122 valence electrons.